The van der Waals surface area contributed by atoms with Gasteiger partial charge in [-0.05, 0) is 47.9 Å². The second-order valence-electron chi connectivity index (χ2n) is 7.95. The van der Waals surface area contributed by atoms with Crippen molar-refractivity contribution in [2.45, 2.75) is 50.0 Å². The summed E-state index contributed by atoms with van der Waals surface area (Å²) in [6.45, 7) is 3.42. The van der Waals surface area contributed by atoms with Crippen LogP contribution in [-0.4, -0.2) is 55.3 Å². The van der Waals surface area contributed by atoms with E-state index < -0.39 is 0 Å². The van der Waals surface area contributed by atoms with Crippen LogP contribution >= 0.6 is 11.8 Å². The average molecular weight is 453 g/mol. The van der Waals surface area contributed by atoms with E-state index in [1.165, 1.54) is 22.3 Å². The second kappa shape index (κ2) is 9.25. The van der Waals surface area contributed by atoms with E-state index in [0.717, 1.165) is 36.5 Å². The molecule has 0 saturated carbocycles. The number of ether oxygens (including phenoxy) is 1. The van der Waals surface area contributed by atoms with E-state index in [1.54, 1.807) is 10.9 Å². The highest BCUT2D eigenvalue weighted by Crippen LogP contribution is 2.34. The Morgan fingerprint density at radius 2 is 2.12 bits per heavy atom. The molecule has 9 nitrogen and oxygen atoms in total. The third-order valence-corrected chi connectivity index (χ3v) is 6.59. The van der Waals surface area contributed by atoms with Gasteiger partial charge in [0.1, 0.15) is 11.8 Å². The van der Waals surface area contributed by atoms with Gasteiger partial charge in [-0.15, -0.1) is 5.10 Å². The Hall–Kier alpha value is -2.98. The Labute approximate surface area is 189 Å². The predicted octanol–water partition coefficient (Wildman–Crippen LogP) is 3.22. The molecule has 1 saturated heterocycles. The number of carbonyl (C=O) groups is 1. The molecular formula is C22H24N6O3S. The van der Waals surface area contributed by atoms with Crippen LogP contribution in [0.1, 0.15) is 42.2 Å². The lowest BCUT2D eigenvalue weighted by atomic mass is 10.0. The molecule has 0 radical (unpaired) electrons. The molecule has 0 N–H and O–H groups in total. The van der Waals surface area contributed by atoms with Gasteiger partial charge in [-0.2, -0.15) is 5.10 Å². The SMILES string of the molecule is Cc1ccc(C2=NN(C(=O)CSc3nnnn3CC3CCCO3)C(c3ccco3)C2)cc1. The topological polar surface area (TPSA) is 98.6 Å². The van der Waals surface area contributed by atoms with E-state index in [4.69, 9.17) is 9.15 Å². The molecule has 1 aromatic carbocycles. The molecule has 1 amide bonds. The summed E-state index contributed by atoms with van der Waals surface area (Å²) in [5, 5.41) is 18.7. The van der Waals surface area contributed by atoms with E-state index >= 15 is 0 Å². The molecule has 1 fully saturated rings. The minimum Gasteiger partial charge on any atom is -0.467 e. The van der Waals surface area contributed by atoms with Gasteiger partial charge in [0.2, 0.25) is 5.16 Å². The number of nitrogens with zero attached hydrogens (tertiary/aromatic N) is 6. The van der Waals surface area contributed by atoms with Crippen molar-refractivity contribution in [1.82, 2.24) is 25.2 Å². The number of hydrogen-bond acceptors (Lipinski definition) is 8. The van der Waals surface area contributed by atoms with E-state index in [-0.39, 0.29) is 23.8 Å². The number of amides is 1. The standard InChI is InChI=1S/C22H24N6O3S/c1-15-6-8-16(9-7-15)18-12-19(20-5-3-11-31-20)28(24-18)21(29)14-32-22-23-25-26-27(22)13-17-4-2-10-30-17/h3,5-9,11,17,19H,2,4,10,12-14H2,1H3. The van der Waals surface area contributed by atoms with Gasteiger partial charge in [0.25, 0.3) is 5.91 Å². The van der Waals surface area contributed by atoms with Crippen molar-refractivity contribution in [2.75, 3.05) is 12.4 Å². The summed E-state index contributed by atoms with van der Waals surface area (Å²) in [7, 11) is 0. The summed E-state index contributed by atoms with van der Waals surface area (Å²) < 4.78 is 13.0. The Balaban J connectivity index is 1.30. The van der Waals surface area contributed by atoms with Crippen molar-refractivity contribution in [3.05, 3.63) is 59.5 Å². The molecule has 166 valence electrons. The van der Waals surface area contributed by atoms with Crippen LogP contribution in [0.5, 0.6) is 0 Å². The molecule has 3 aromatic rings. The van der Waals surface area contributed by atoms with Crippen molar-refractivity contribution < 1.29 is 13.9 Å². The molecule has 2 aliphatic rings. The van der Waals surface area contributed by atoms with Crippen molar-refractivity contribution in [3.63, 3.8) is 0 Å². The fraction of sp³-hybridized carbons (Fsp3) is 0.409. The number of hydrazone groups is 1. The number of rotatable bonds is 7. The zero-order chi connectivity index (χ0) is 21.9. The van der Waals surface area contributed by atoms with Gasteiger partial charge in [0.05, 0.1) is 30.4 Å². The molecule has 2 atom stereocenters. The van der Waals surface area contributed by atoms with Crippen LogP contribution in [0, 0.1) is 6.92 Å². The van der Waals surface area contributed by atoms with Gasteiger partial charge in [-0.3, -0.25) is 4.79 Å². The first-order valence-corrected chi connectivity index (χ1v) is 11.7. The Bertz CT molecular complexity index is 1090. The van der Waals surface area contributed by atoms with Gasteiger partial charge in [-0.25, -0.2) is 9.69 Å². The van der Waals surface area contributed by atoms with Gasteiger partial charge in [0, 0.05) is 13.0 Å². The number of furan rings is 1. The van der Waals surface area contributed by atoms with Crippen LogP contribution in [-0.2, 0) is 16.1 Å². The number of thioether (sulfide) groups is 1. The predicted molar refractivity (Wildman–Crippen MR) is 118 cm³/mol. The van der Waals surface area contributed by atoms with Crippen LogP contribution in [0.3, 0.4) is 0 Å². The molecule has 4 heterocycles. The van der Waals surface area contributed by atoms with E-state index in [2.05, 4.69) is 20.6 Å². The van der Waals surface area contributed by atoms with Crippen LogP contribution < -0.4 is 0 Å². The molecule has 2 unspecified atom stereocenters. The number of aromatic nitrogens is 4. The van der Waals surface area contributed by atoms with Crippen LogP contribution in [0.4, 0.5) is 0 Å². The number of hydrogen-bond donors (Lipinski definition) is 0. The third-order valence-electron chi connectivity index (χ3n) is 5.65. The highest BCUT2D eigenvalue weighted by atomic mass is 32.2. The Kier molecular flexibility index (Phi) is 6.04. The van der Waals surface area contributed by atoms with E-state index in [0.29, 0.717) is 18.1 Å². The van der Waals surface area contributed by atoms with Gasteiger partial charge >= 0.3 is 0 Å². The van der Waals surface area contributed by atoms with E-state index in [1.807, 2.05) is 43.3 Å². The smallest absolute Gasteiger partial charge is 0.253 e. The minimum atomic E-state index is -0.266. The van der Waals surface area contributed by atoms with E-state index in [9.17, 15) is 4.79 Å². The third kappa shape index (κ3) is 4.46. The second-order valence-corrected chi connectivity index (χ2v) is 8.90. The van der Waals surface area contributed by atoms with Crippen molar-refractivity contribution in [2.24, 2.45) is 5.10 Å². The molecule has 2 aromatic heterocycles. The highest BCUT2D eigenvalue weighted by Gasteiger charge is 2.35. The molecule has 0 bridgehead atoms. The molecule has 5 rings (SSSR count). The van der Waals surface area contributed by atoms with Gasteiger partial charge in [-0.1, -0.05) is 41.6 Å². The zero-order valence-electron chi connectivity index (χ0n) is 17.8. The first kappa shape index (κ1) is 20.9. The van der Waals surface area contributed by atoms with Crippen LogP contribution in [0.15, 0.2) is 57.3 Å². The quantitative estimate of drug-likeness (QED) is 0.508. The fourth-order valence-electron chi connectivity index (χ4n) is 3.95. The molecule has 0 spiro atoms. The molecule has 0 aliphatic carbocycles. The summed E-state index contributed by atoms with van der Waals surface area (Å²) in [6.07, 6.45) is 4.40. The lowest BCUT2D eigenvalue weighted by Crippen LogP contribution is -2.28. The van der Waals surface area contributed by atoms with Gasteiger partial charge < -0.3 is 9.15 Å². The Morgan fingerprint density at radius 3 is 2.88 bits per heavy atom. The maximum Gasteiger partial charge on any atom is 0.253 e. The van der Waals surface area contributed by atoms with Crippen molar-refractivity contribution in [3.8, 4) is 0 Å². The number of aryl methyl sites for hydroxylation is 1. The molecule has 2 aliphatic heterocycles. The Morgan fingerprint density at radius 1 is 1.25 bits per heavy atom. The zero-order valence-corrected chi connectivity index (χ0v) is 18.6. The first-order chi connectivity index (χ1) is 15.7. The van der Waals surface area contributed by atoms with Crippen LogP contribution in [0.2, 0.25) is 0 Å². The number of carbonyl (C=O) groups excluding carboxylic acids is 1. The fourth-order valence-corrected chi connectivity index (χ4v) is 4.69. The summed E-state index contributed by atoms with van der Waals surface area (Å²) in [4.78, 5) is 13.2. The van der Waals surface area contributed by atoms with Crippen molar-refractivity contribution in [1.29, 1.82) is 0 Å². The average Bonchev–Trinajstić information content (AvgIpc) is 3.60. The summed E-state index contributed by atoms with van der Waals surface area (Å²) in [6, 6.07) is 11.6. The normalized spacial score (nSPS) is 20.7. The summed E-state index contributed by atoms with van der Waals surface area (Å²) in [5.41, 5.74) is 3.06. The monoisotopic (exact) mass is 452 g/mol. The number of tetrazole rings is 1. The molecule has 32 heavy (non-hydrogen) atoms. The largest absolute Gasteiger partial charge is 0.467 e. The highest BCUT2D eigenvalue weighted by molar-refractivity contribution is 7.99. The lowest BCUT2D eigenvalue weighted by Gasteiger charge is -2.19. The first-order valence-electron chi connectivity index (χ1n) is 10.7. The number of benzene rings is 1. The maximum absolute atomic E-state index is 13.2. The summed E-state index contributed by atoms with van der Waals surface area (Å²) >= 11 is 1.31. The molecular weight excluding hydrogens is 428 g/mol. The summed E-state index contributed by atoms with van der Waals surface area (Å²) in [5.74, 6) is 0.774. The minimum absolute atomic E-state index is 0.120. The maximum atomic E-state index is 13.2. The molecule has 10 heteroatoms. The van der Waals surface area contributed by atoms with Crippen molar-refractivity contribution >= 4 is 23.4 Å². The van der Waals surface area contributed by atoms with Gasteiger partial charge in [0.15, 0.2) is 0 Å². The lowest BCUT2D eigenvalue weighted by molar-refractivity contribution is -0.130. The van der Waals surface area contributed by atoms with Crippen LogP contribution in [0.25, 0.3) is 0 Å².